The molecule has 2 aromatic rings. The second kappa shape index (κ2) is 7.16. The molecular formula is C23H17N5O4. The predicted molar refractivity (Wildman–Crippen MR) is 109 cm³/mol. The molecule has 2 aliphatic heterocycles. The highest BCUT2D eigenvalue weighted by Crippen LogP contribution is 2.69. The number of fused-ring (bicyclic) bond motifs is 2. The first kappa shape index (κ1) is 21.0. The molecule has 2 heterocycles. The van der Waals surface area contributed by atoms with E-state index in [4.69, 9.17) is 14.9 Å². The molecule has 1 N–H and O–H groups in total. The zero-order valence-electron chi connectivity index (χ0n) is 17.0. The lowest BCUT2D eigenvalue weighted by Crippen LogP contribution is -2.58. The van der Waals surface area contributed by atoms with E-state index in [1.54, 1.807) is 37.3 Å². The number of hydrogen-bond acceptors (Lipinski definition) is 8. The minimum Gasteiger partial charge on any atom is -0.443 e. The summed E-state index contributed by atoms with van der Waals surface area (Å²) < 4.78 is 12.3. The third-order valence-corrected chi connectivity index (χ3v) is 6.40. The highest BCUT2D eigenvalue weighted by molar-refractivity contribution is 5.89. The van der Waals surface area contributed by atoms with Gasteiger partial charge in [-0.05, 0) is 12.0 Å². The van der Waals surface area contributed by atoms with Gasteiger partial charge in [0.1, 0.15) is 6.10 Å². The lowest BCUT2D eigenvalue weighted by atomic mass is 9.52. The van der Waals surface area contributed by atoms with Gasteiger partial charge in [-0.25, -0.2) is 0 Å². The number of benzene rings is 2. The van der Waals surface area contributed by atoms with Crippen LogP contribution in [-0.2, 0) is 15.3 Å². The Hall–Kier alpha value is -4.26. The minimum absolute atomic E-state index is 0.176. The van der Waals surface area contributed by atoms with Gasteiger partial charge in [0.25, 0.3) is 5.69 Å². The van der Waals surface area contributed by atoms with Crippen LogP contribution in [0.4, 0.5) is 5.69 Å². The molecule has 4 atom stereocenters. The Morgan fingerprint density at radius 2 is 1.78 bits per heavy atom. The van der Waals surface area contributed by atoms with Gasteiger partial charge in [-0.2, -0.15) is 15.8 Å². The van der Waals surface area contributed by atoms with Crippen molar-refractivity contribution in [3.05, 3.63) is 75.8 Å². The number of ether oxygens (including phenoxy) is 2. The van der Waals surface area contributed by atoms with Gasteiger partial charge in [-0.1, -0.05) is 49.4 Å². The number of nitro groups is 1. The zero-order valence-corrected chi connectivity index (χ0v) is 17.0. The number of nitro benzene ring substituents is 1. The molecular weight excluding hydrogens is 410 g/mol. The number of hydrogen-bond donors (Lipinski definition) is 1. The van der Waals surface area contributed by atoms with Crippen LogP contribution in [-0.4, -0.2) is 10.8 Å². The number of non-ortho nitro benzene ring substituents is 1. The molecule has 2 aromatic carbocycles. The molecule has 4 rings (SSSR count). The largest absolute Gasteiger partial charge is 0.443 e. The lowest BCUT2D eigenvalue weighted by molar-refractivity contribution is -0.385. The summed E-state index contributed by atoms with van der Waals surface area (Å²) in [5.41, 5.74) is -3.68. The van der Waals surface area contributed by atoms with Gasteiger partial charge in [0.2, 0.25) is 17.1 Å². The van der Waals surface area contributed by atoms with Gasteiger partial charge >= 0.3 is 0 Å². The van der Waals surface area contributed by atoms with Crippen LogP contribution in [0.15, 0.2) is 54.6 Å². The van der Waals surface area contributed by atoms with Crippen LogP contribution in [0, 0.1) is 66.3 Å². The van der Waals surface area contributed by atoms with E-state index in [2.05, 4.69) is 6.07 Å². The molecule has 32 heavy (non-hydrogen) atoms. The van der Waals surface area contributed by atoms with Gasteiger partial charge in [0, 0.05) is 17.7 Å². The Bertz CT molecular complexity index is 1230. The normalized spacial score (nSPS) is 29.8. The topological polar surface area (TPSA) is 157 Å². The summed E-state index contributed by atoms with van der Waals surface area (Å²) in [6.45, 7) is 1.77. The molecule has 0 saturated carbocycles. The minimum atomic E-state index is -2.18. The van der Waals surface area contributed by atoms with Crippen molar-refractivity contribution in [1.29, 1.82) is 21.2 Å². The summed E-state index contributed by atoms with van der Waals surface area (Å²) in [5, 5.41) is 50.9. The smallest absolute Gasteiger partial charge is 0.269 e. The van der Waals surface area contributed by atoms with Crippen molar-refractivity contribution in [3.8, 4) is 18.2 Å². The van der Waals surface area contributed by atoms with Gasteiger partial charge < -0.3 is 9.47 Å². The molecule has 0 aromatic heterocycles. The summed E-state index contributed by atoms with van der Waals surface area (Å²) >= 11 is 0. The van der Waals surface area contributed by atoms with E-state index >= 15 is 0 Å². The van der Waals surface area contributed by atoms with Gasteiger partial charge in [-0.3, -0.25) is 15.5 Å². The van der Waals surface area contributed by atoms with Crippen LogP contribution >= 0.6 is 0 Å². The molecule has 4 unspecified atom stereocenters. The number of nitriles is 3. The van der Waals surface area contributed by atoms with Gasteiger partial charge in [0.15, 0.2) is 5.41 Å². The van der Waals surface area contributed by atoms with E-state index in [-0.39, 0.29) is 17.7 Å². The molecule has 2 bridgehead atoms. The zero-order chi connectivity index (χ0) is 23.1. The van der Waals surface area contributed by atoms with Crippen LogP contribution in [0.3, 0.4) is 0 Å². The highest BCUT2D eigenvalue weighted by atomic mass is 16.7. The fraction of sp³-hybridized carbons (Fsp3) is 0.304. The van der Waals surface area contributed by atoms with E-state index in [9.17, 15) is 25.9 Å². The monoisotopic (exact) mass is 427 g/mol. The Kier molecular flexibility index (Phi) is 4.70. The first-order chi connectivity index (χ1) is 15.4. The van der Waals surface area contributed by atoms with E-state index in [0.29, 0.717) is 5.56 Å². The maximum Gasteiger partial charge on any atom is 0.269 e. The predicted octanol–water partition coefficient (Wildman–Crippen LogP) is 4.10. The van der Waals surface area contributed by atoms with E-state index in [0.717, 1.165) is 0 Å². The number of rotatable bonds is 4. The molecule has 158 valence electrons. The summed E-state index contributed by atoms with van der Waals surface area (Å²) in [4.78, 5) is 10.8. The van der Waals surface area contributed by atoms with Gasteiger partial charge in [0.05, 0.1) is 29.0 Å². The highest BCUT2D eigenvalue weighted by Gasteiger charge is 2.80. The Morgan fingerprint density at radius 1 is 1.09 bits per heavy atom. The molecule has 9 heteroatoms. The molecule has 0 spiro atoms. The molecule has 0 radical (unpaired) electrons. The van der Waals surface area contributed by atoms with Crippen molar-refractivity contribution in [2.45, 2.75) is 25.2 Å². The number of nitrogens with one attached hydrogen (secondary N) is 1. The average molecular weight is 427 g/mol. The van der Waals surface area contributed by atoms with Crippen molar-refractivity contribution in [1.82, 2.24) is 0 Å². The molecule has 0 aliphatic carbocycles. The van der Waals surface area contributed by atoms with Crippen molar-refractivity contribution >= 4 is 11.6 Å². The lowest BCUT2D eigenvalue weighted by Gasteiger charge is -2.49. The quantitative estimate of drug-likeness (QED) is 0.568. The van der Waals surface area contributed by atoms with Crippen molar-refractivity contribution in [2.24, 2.45) is 16.7 Å². The summed E-state index contributed by atoms with van der Waals surface area (Å²) in [7, 11) is 0. The molecule has 9 nitrogen and oxygen atoms in total. The summed E-state index contributed by atoms with van der Waals surface area (Å²) in [6.07, 6.45) is -1.11. The van der Waals surface area contributed by atoms with Crippen LogP contribution in [0.2, 0.25) is 0 Å². The average Bonchev–Trinajstić information content (AvgIpc) is 3.03. The SMILES string of the molecule is CCC1C2(c3ccccc3)OC(=N)C1(C#N)C(C#N)(C#N)C(c1cccc([N+](=O)[O-])c1)O2. The van der Waals surface area contributed by atoms with Crippen LogP contribution < -0.4 is 0 Å². The van der Waals surface area contributed by atoms with Crippen LogP contribution in [0.25, 0.3) is 0 Å². The molecule has 2 fully saturated rings. The second-order valence-electron chi connectivity index (χ2n) is 7.73. The van der Waals surface area contributed by atoms with Crippen molar-refractivity contribution in [3.63, 3.8) is 0 Å². The fourth-order valence-electron chi connectivity index (χ4n) is 5.01. The van der Waals surface area contributed by atoms with Gasteiger partial charge in [-0.15, -0.1) is 0 Å². The maximum atomic E-state index is 11.4. The Morgan fingerprint density at radius 3 is 2.34 bits per heavy atom. The third-order valence-electron chi connectivity index (χ3n) is 6.40. The summed E-state index contributed by atoms with van der Waals surface area (Å²) in [5.74, 6) is -2.98. The van der Waals surface area contributed by atoms with E-state index < -0.39 is 39.5 Å². The second-order valence-corrected chi connectivity index (χ2v) is 7.73. The van der Waals surface area contributed by atoms with E-state index in [1.807, 2.05) is 12.1 Å². The third kappa shape index (κ3) is 2.36. The van der Waals surface area contributed by atoms with Crippen molar-refractivity contribution < 1.29 is 14.4 Å². The first-order valence-electron chi connectivity index (χ1n) is 9.86. The standard InChI is InChI=1S/C23H17N5O4/c1-2-18-22(14-26)20(27)32-23(18,16-8-4-3-5-9-16)31-19(21(22,12-24)13-25)15-7-6-10-17(11-15)28(29)30/h3-11,18-19,27H,2H2,1H3. The van der Waals surface area contributed by atoms with Crippen LogP contribution in [0.1, 0.15) is 30.6 Å². The molecule has 0 amide bonds. The number of nitrogens with zero attached hydrogens (tertiary/aromatic N) is 4. The molecule has 2 aliphatic rings. The Balaban J connectivity index is 2.07. The van der Waals surface area contributed by atoms with Crippen LogP contribution in [0.5, 0.6) is 0 Å². The fourth-order valence-corrected chi connectivity index (χ4v) is 5.01. The maximum absolute atomic E-state index is 11.4. The Labute approximate surface area is 183 Å². The van der Waals surface area contributed by atoms with E-state index in [1.165, 1.54) is 24.3 Å². The van der Waals surface area contributed by atoms with Crippen molar-refractivity contribution in [2.75, 3.05) is 0 Å². The summed E-state index contributed by atoms with van der Waals surface area (Å²) in [6, 6.07) is 20.1. The first-order valence-corrected chi connectivity index (χ1v) is 9.86. The molecule has 2 saturated heterocycles.